The first kappa shape index (κ1) is 34.3. The van der Waals surface area contributed by atoms with Crippen molar-refractivity contribution in [2.45, 2.75) is 44.2 Å². The van der Waals surface area contributed by atoms with Crippen molar-refractivity contribution >= 4 is 11.8 Å². The number of hydrogen-bond donors (Lipinski definition) is 3. The van der Waals surface area contributed by atoms with Crippen molar-refractivity contribution in [2.75, 3.05) is 20.1 Å². The Hall–Kier alpha value is -5.16. The molecule has 5 aromatic carbocycles. The number of aliphatic hydroxyl groups excluding tert-OH is 2. The molecule has 260 valence electrons. The summed E-state index contributed by atoms with van der Waals surface area (Å²) in [7, 11) is 1.93. The highest BCUT2D eigenvalue weighted by Gasteiger charge is 2.35. The molecular formula is C42H40N2O7. The lowest BCUT2D eigenvalue weighted by atomic mass is 9.98. The van der Waals surface area contributed by atoms with E-state index in [1.807, 2.05) is 84.7 Å². The topological polar surface area (TPSA) is 120 Å². The van der Waals surface area contributed by atoms with Crippen LogP contribution < -0.4 is 0 Å². The molecular weight excluding hydrogens is 644 g/mol. The van der Waals surface area contributed by atoms with E-state index in [0.29, 0.717) is 36.2 Å². The van der Waals surface area contributed by atoms with Crippen LogP contribution in [0, 0.1) is 0 Å². The van der Waals surface area contributed by atoms with Gasteiger partial charge < -0.3 is 29.7 Å². The van der Waals surface area contributed by atoms with Gasteiger partial charge in [0.1, 0.15) is 5.75 Å². The number of phenols is 1. The molecule has 0 bridgehead atoms. The number of aromatic hydroxyl groups is 1. The van der Waals surface area contributed by atoms with Gasteiger partial charge in [0.25, 0.3) is 11.8 Å². The summed E-state index contributed by atoms with van der Waals surface area (Å²) in [6, 6.07) is 37.1. The van der Waals surface area contributed by atoms with Crippen molar-refractivity contribution in [1.29, 1.82) is 0 Å². The lowest BCUT2D eigenvalue weighted by Gasteiger charge is -2.38. The first-order chi connectivity index (χ1) is 24.7. The Balaban J connectivity index is 1.06. The number of ether oxygens (including phenoxy) is 2. The van der Waals surface area contributed by atoms with Crippen molar-refractivity contribution in [3.8, 4) is 16.9 Å². The molecule has 2 aliphatic heterocycles. The van der Waals surface area contributed by atoms with Gasteiger partial charge >= 0.3 is 0 Å². The molecule has 9 heteroatoms. The third-order valence-electron chi connectivity index (χ3n) is 9.53. The number of likely N-dealkylation sites (N-methyl/N-ethyl adjacent to an activating group) is 1. The summed E-state index contributed by atoms with van der Waals surface area (Å²) in [4.78, 5) is 29.2. The minimum absolute atomic E-state index is 0.0372. The number of carbonyl (C=O) groups excluding carboxylic acids is 2. The normalized spacial score (nSPS) is 19.4. The monoisotopic (exact) mass is 684 g/mol. The maximum atomic E-state index is 12.9. The lowest BCUT2D eigenvalue weighted by Crippen LogP contribution is -2.39. The molecule has 5 aromatic rings. The Morgan fingerprint density at radius 2 is 1.45 bits per heavy atom. The predicted octanol–water partition coefficient (Wildman–Crippen LogP) is 6.56. The van der Waals surface area contributed by atoms with Crippen LogP contribution in [-0.4, -0.2) is 63.2 Å². The van der Waals surface area contributed by atoms with Gasteiger partial charge in [0.2, 0.25) is 0 Å². The highest BCUT2D eigenvalue weighted by atomic mass is 16.7. The van der Waals surface area contributed by atoms with Gasteiger partial charge in [-0.3, -0.25) is 14.5 Å². The third-order valence-corrected chi connectivity index (χ3v) is 9.53. The Labute approximate surface area is 296 Å². The molecule has 51 heavy (non-hydrogen) atoms. The van der Waals surface area contributed by atoms with Gasteiger partial charge in [-0.15, -0.1) is 0 Å². The summed E-state index contributed by atoms with van der Waals surface area (Å²) in [6.45, 7) is 1.04. The van der Waals surface area contributed by atoms with E-state index in [4.69, 9.17) is 9.47 Å². The van der Waals surface area contributed by atoms with E-state index >= 15 is 0 Å². The molecule has 0 aliphatic carbocycles. The molecule has 7 rings (SSSR count). The van der Waals surface area contributed by atoms with Gasteiger partial charge in [-0.25, -0.2) is 0 Å². The number of carbonyl (C=O) groups is 2. The Morgan fingerprint density at radius 1 is 0.765 bits per heavy atom. The van der Waals surface area contributed by atoms with E-state index in [1.54, 1.807) is 48.5 Å². The van der Waals surface area contributed by atoms with Crippen molar-refractivity contribution in [3.63, 3.8) is 0 Å². The summed E-state index contributed by atoms with van der Waals surface area (Å²) in [5.41, 5.74) is 6.94. The Bertz CT molecular complexity index is 1980. The summed E-state index contributed by atoms with van der Waals surface area (Å²) >= 11 is 0. The van der Waals surface area contributed by atoms with Crippen LogP contribution in [0.25, 0.3) is 11.1 Å². The van der Waals surface area contributed by atoms with Gasteiger partial charge in [0, 0.05) is 25.1 Å². The summed E-state index contributed by atoms with van der Waals surface area (Å²) in [6.07, 6.45) is -1.31. The second-order valence-corrected chi connectivity index (χ2v) is 13.2. The molecule has 9 nitrogen and oxygen atoms in total. The predicted molar refractivity (Wildman–Crippen MR) is 192 cm³/mol. The van der Waals surface area contributed by atoms with Crippen LogP contribution in [-0.2, 0) is 22.6 Å². The Morgan fingerprint density at radius 3 is 2.14 bits per heavy atom. The fourth-order valence-electron chi connectivity index (χ4n) is 6.84. The Kier molecular flexibility index (Phi) is 10.1. The molecule has 0 spiro atoms. The summed E-state index contributed by atoms with van der Waals surface area (Å²) in [5, 5.41) is 30.3. The van der Waals surface area contributed by atoms with E-state index in [0.717, 1.165) is 33.4 Å². The smallest absolute Gasteiger partial charge is 0.261 e. The molecule has 1 saturated heterocycles. The van der Waals surface area contributed by atoms with Crippen LogP contribution in [0.2, 0.25) is 0 Å². The highest BCUT2D eigenvalue weighted by Crippen LogP contribution is 2.39. The number of nitrogens with zero attached hydrogens (tertiary/aromatic N) is 2. The van der Waals surface area contributed by atoms with Crippen LogP contribution in [0.1, 0.15) is 73.5 Å². The number of amides is 2. The van der Waals surface area contributed by atoms with E-state index in [9.17, 15) is 24.9 Å². The van der Waals surface area contributed by atoms with Crippen molar-refractivity contribution in [1.82, 2.24) is 9.80 Å². The number of phenolic OH excluding ortho intramolecular Hbond substituents is 1. The van der Waals surface area contributed by atoms with E-state index < -0.39 is 12.4 Å². The maximum Gasteiger partial charge on any atom is 0.261 e. The quantitative estimate of drug-likeness (QED) is 0.134. The van der Waals surface area contributed by atoms with Crippen LogP contribution in [0.4, 0.5) is 0 Å². The van der Waals surface area contributed by atoms with Crippen LogP contribution in [0.15, 0.2) is 121 Å². The molecule has 1 fully saturated rings. The highest BCUT2D eigenvalue weighted by molar-refractivity contribution is 6.21. The molecule has 0 radical (unpaired) electrons. The second kappa shape index (κ2) is 15.0. The standard InChI is InChI=1S/C42H40N2O7/c1-43(25-38(47)33-8-5-9-34(46)21-33)24-35-22-39(30-14-12-27(26-45)13-15-30)51-42(50-35)31-18-16-29(17-19-31)32-7-4-6-28(20-32)23-44-40(48)36-10-2-3-11-37(36)41(44)49/h2-21,35,38-39,42,45-47H,22-26H2,1H3. The average Bonchev–Trinajstić information content (AvgIpc) is 3.39. The van der Waals surface area contributed by atoms with E-state index in [-0.39, 0.29) is 42.9 Å². The molecule has 2 amide bonds. The maximum absolute atomic E-state index is 12.9. The van der Waals surface area contributed by atoms with Crippen molar-refractivity contribution in [3.05, 3.63) is 160 Å². The minimum atomic E-state index is -0.779. The van der Waals surface area contributed by atoms with Gasteiger partial charge in [0.05, 0.1) is 42.6 Å². The van der Waals surface area contributed by atoms with Crippen LogP contribution >= 0.6 is 0 Å². The van der Waals surface area contributed by atoms with Gasteiger partial charge in [-0.05, 0) is 70.8 Å². The zero-order chi connectivity index (χ0) is 35.5. The first-order valence-electron chi connectivity index (χ1n) is 17.1. The average molecular weight is 685 g/mol. The second-order valence-electron chi connectivity index (χ2n) is 13.2. The van der Waals surface area contributed by atoms with E-state index in [2.05, 4.69) is 0 Å². The minimum Gasteiger partial charge on any atom is -0.508 e. The molecule has 0 saturated carbocycles. The SMILES string of the molecule is CN(CC1CC(c2ccc(CO)cc2)OC(c2ccc(-c3cccc(CN4C(=O)c5ccccc5C4=O)c3)cc2)O1)CC(O)c1cccc(O)c1. The summed E-state index contributed by atoms with van der Waals surface area (Å²) in [5.74, 6) is -0.449. The largest absolute Gasteiger partial charge is 0.508 e. The first-order valence-corrected chi connectivity index (χ1v) is 17.1. The molecule has 2 aliphatic rings. The fraction of sp³-hybridized carbons (Fsp3) is 0.238. The van der Waals surface area contributed by atoms with Crippen LogP contribution in [0.5, 0.6) is 5.75 Å². The van der Waals surface area contributed by atoms with Gasteiger partial charge in [0.15, 0.2) is 6.29 Å². The van der Waals surface area contributed by atoms with Crippen molar-refractivity contribution in [2.24, 2.45) is 0 Å². The molecule has 2 heterocycles. The molecule has 4 atom stereocenters. The number of aliphatic hydroxyl groups is 2. The molecule has 0 aromatic heterocycles. The zero-order valence-electron chi connectivity index (χ0n) is 28.3. The lowest BCUT2D eigenvalue weighted by molar-refractivity contribution is -0.252. The number of rotatable bonds is 11. The fourth-order valence-corrected chi connectivity index (χ4v) is 6.84. The number of benzene rings is 5. The molecule has 4 unspecified atom stereocenters. The summed E-state index contributed by atoms with van der Waals surface area (Å²) < 4.78 is 13.1. The molecule has 3 N–H and O–H groups in total. The number of hydrogen-bond acceptors (Lipinski definition) is 8. The zero-order valence-corrected chi connectivity index (χ0v) is 28.3. The van der Waals surface area contributed by atoms with Gasteiger partial charge in [-0.1, -0.05) is 91.0 Å². The number of imide groups is 1. The third kappa shape index (κ3) is 7.63. The van der Waals surface area contributed by atoms with Crippen molar-refractivity contribution < 1.29 is 34.4 Å². The van der Waals surface area contributed by atoms with Crippen LogP contribution in [0.3, 0.4) is 0 Å². The van der Waals surface area contributed by atoms with E-state index in [1.165, 1.54) is 4.90 Å². The van der Waals surface area contributed by atoms with Gasteiger partial charge in [-0.2, -0.15) is 0 Å². The number of fused-ring (bicyclic) bond motifs is 1.